The first kappa shape index (κ1) is 10.5. The number of carbonyl (C=O) groups is 1. The highest BCUT2D eigenvalue weighted by Gasteiger charge is 2.44. The molecule has 0 aromatic carbocycles. The molecule has 0 saturated carbocycles. The maximum Gasteiger partial charge on any atom is 0.366 e. The fourth-order valence-corrected chi connectivity index (χ4v) is 1.84. The van der Waals surface area contributed by atoms with Crippen LogP contribution >= 0.6 is 0 Å². The molecule has 1 rings (SSSR count). The van der Waals surface area contributed by atoms with E-state index >= 15 is 0 Å². The van der Waals surface area contributed by atoms with Crippen molar-refractivity contribution < 1.29 is 19.4 Å². The number of esters is 1. The zero-order valence-electron chi connectivity index (χ0n) is 8.24. The molecule has 4 nitrogen and oxygen atoms in total. The Labute approximate surface area is 77.8 Å². The van der Waals surface area contributed by atoms with Gasteiger partial charge in [-0.1, -0.05) is 6.92 Å². The monoisotopic (exact) mass is 188 g/mol. The van der Waals surface area contributed by atoms with Crippen LogP contribution in [0.5, 0.6) is 0 Å². The lowest BCUT2D eigenvalue weighted by atomic mass is 9.92. The first-order chi connectivity index (χ1) is 5.98. The maximum absolute atomic E-state index is 11.2. The van der Waals surface area contributed by atoms with E-state index in [2.05, 4.69) is 4.74 Å². The minimum atomic E-state index is -1.73. The second-order valence-electron chi connectivity index (χ2n) is 3.75. The molecule has 1 saturated heterocycles. The fraction of sp³-hybridized carbons (Fsp3) is 0.889. The molecule has 0 bridgehead atoms. The van der Waals surface area contributed by atoms with E-state index in [1.165, 1.54) is 7.11 Å². The van der Waals surface area contributed by atoms with Crippen LogP contribution in [0, 0.1) is 5.92 Å². The summed E-state index contributed by atoms with van der Waals surface area (Å²) in [5.74, 6) is -2.16. The van der Waals surface area contributed by atoms with E-state index in [0.717, 1.165) is 6.42 Å². The molecule has 1 heterocycles. The minimum absolute atomic E-state index is 0.104. The van der Waals surface area contributed by atoms with Crippen molar-refractivity contribution in [3.63, 3.8) is 0 Å². The van der Waals surface area contributed by atoms with Crippen molar-refractivity contribution >= 4 is 5.97 Å². The lowest BCUT2D eigenvalue weighted by molar-refractivity contribution is -0.262. The Balaban J connectivity index is 2.71. The summed E-state index contributed by atoms with van der Waals surface area (Å²) in [5.41, 5.74) is 0. The topological polar surface area (TPSA) is 55.8 Å². The van der Waals surface area contributed by atoms with Gasteiger partial charge in [-0.3, -0.25) is 0 Å². The van der Waals surface area contributed by atoms with Gasteiger partial charge in [-0.05, 0) is 19.3 Å². The molecule has 3 atom stereocenters. The molecular weight excluding hydrogens is 172 g/mol. The van der Waals surface area contributed by atoms with Crippen LogP contribution in [-0.4, -0.2) is 30.1 Å². The summed E-state index contributed by atoms with van der Waals surface area (Å²) in [6.07, 6.45) is 1.07. The number of hydrogen-bond acceptors (Lipinski definition) is 4. The van der Waals surface area contributed by atoms with E-state index in [1.54, 1.807) is 0 Å². The Kier molecular flexibility index (Phi) is 2.93. The van der Waals surface area contributed by atoms with Gasteiger partial charge in [0.2, 0.25) is 0 Å². The van der Waals surface area contributed by atoms with Crippen LogP contribution in [-0.2, 0) is 14.3 Å². The van der Waals surface area contributed by atoms with E-state index in [0.29, 0.717) is 6.42 Å². The molecule has 13 heavy (non-hydrogen) atoms. The zero-order chi connectivity index (χ0) is 10.1. The minimum Gasteiger partial charge on any atom is -0.465 e. The predicted octanol–water partition coefficient (Wildman–Crippen LogP) is 0.683. The number of methoxy groups -OCH3 is 1. The Morgan fingerprint density at radius 2 is 2.23 bits per heavy atom. The van der Waals surface area contributed by atoms with Crippen molar-refractivity contribution in [2.24, 2.45) is 5.92 Å². The van der Waals surface area contributed by atoms with Gasteiger partial charge in [-0.25, -0.2) is 4.79 Å². The van der Waals surface area contributed by atoms with Crippen LogP contribution in [0.2, 0.25) is 0 Å². The summed E-state index contributed by atoms with van der Waals surface area (Å²) < 4.78 is 9.65. The molecule has 0 aliphatic carbocycles. The molecule has 1 N–H and O–H groups in total. The number of carbonyl (C=O) groups excluding carboxylic acids is 1. The van der Waals surface area contributed by atoms with Crippen molar-refractivity contribution in [1.29, 1.82) is 0 Å². The van der Waals surface area contributed by atoms with Crippen molar-refractivity contribution in [2.75, 3.05) is 7.11 Å². The summed E-state index contributed by atoms with van der Waals surface area (Å²) in [6.45, 7) is 3.82. The molecule has 1 fully saturated rings. The zero-order valence-corrected chi connectivity index (χ0v) is 8.24. The first-order valence-corrected chi connectivity index (χ1v) is 4.46. The molecule has 0 radical (unpaired) electrons. The highest BCUT2D eigenvalue weighted by atomic mass is 16.7. The second kappa shape index (κ2) is 3.64. The molecule has 4 heteroatoms. The first-order valence-electron chi connectivity index (χ1n) is 4.46. The standard InChI is InChI=1S/C9H16O4/c1-6-4-7(2)13-9(11,5-6)8(10)12-3/h6-7,11H,4-5H2,1-3H3/t6-,7+,9-/m1/s1. The van der Waals surface area contributed by atoms with E-state index < -0.39 is 11.8 Å². The predicted molar refractivity (Wildman–Crippen MR) is 45.9 cm³/mol. The van der Waals surface area contributed by atoms with Crippen LogP contribution in [0.1, 0.15) is 26.7 Å². The Hall–Kier alpha value is -0.610. The van der Waals surface area contributed by atoms with Gasteiger partial charge in [0.15, 0.2) is 0 Å². The third kappa shape index (κ3) is 2.19. The highest BCUT2D eigenvalue weighted by molar-refractivity contribution is 5.77. The van der Waals surface area contributed by atoms with Crippen molar-refractivity contribution in [3.8, 4) is 0 Å². The Morgan fingerprint density at radius 1 is 1.62 bits per heavy atom. The Morgan fingerprint density at radius 3 is 2.69 bits per heavy atom. The average Bonchev–Trinajstić information content (AvgIpc) is 2.00. The lowest BCUT2D eigenvalue weighted by Crippen LogP contribution is -2.49. The van der Waals surface area contributed by atoms with Crippen LogP contribution in [0.15, 0.2) is 0 Å². The van der Waals surface area contributed by atoms with Crippen LogP contribution in [0.3, 0.4) is 0 Å². The molecular formula is C9H16O4. The number of rotatable bonds is 1. The van der Waals surface area contributed by atoms with Gasteiger partial charge in [-0.2, -0.15) is 0 Å². The molecule has 0 aromatic heterocycles. The Bertz CT molecular complexity index is 192. The largest absolute Gasteiger partial charge is 0.465 e. The van der Waals surface area contributed by atoms with E-state index in [-0.39, 0.29) is 12.0 Å². The van der Waals surface area contributed by atoms with E-state index in [1.807, 2.05) is 13.8 Å². The molecule has 0 unspecified atom stereocenters. The molecule has 1 aliphatic rings. The lowest BCUT2D eigenvalue weighted by Gasteiger charge is -2.36. The third-order valence-corrected chi connectivity index (χ3v) is 2.26. The van der Waals surface area contributed by atoms with E-state index in [4.69, 9.17) is 4.74 Å². The van der Waals surface area contributed by atoms with Crippen LogP contribution in [0.25, 0.3) is 0 Å². The van der Waals surface area contributed by atoms with Crippen LogP contribution < -0.4 is 0 Å². The van der Waals surface area contributed by atoms with Gasteiger partial charge in [0.05, 0.1) is 13.2 Å². The van der Waals surface area contributed by atoms with Gasteiger partial charge in [0.1, 0.15) is 0 Å². The molecule has 0 amide bonds. The summed E-state index contributed by atoms with van der Waals surface area (Å²) in [5, 5.41) is 9.78. The highest BCUT2D eigenvalue weighted by Crippen LogP contribution is 2.31. The van der Waals surface area contributed by atoms with Gasteiger partial charge in [0.25, 0.3) is 5.79 Å². The fourth-order valence-electron chi connectivity index (χ4n) is 1.84. The van der Waals surface area contributed by atoms with Crippen molar-refractivity contribution in [3.05, 3.63) is 0 Å². The van der Waals surface area contributed by atoms with Gasteiger partial charge >= 0.3 is 5.97 Å². The second-order valence-corrected chi connectivity index (χ2v) is 3.75. The van der Waals surface area contributed by atoms with Gasteiger partial charge in [0, 0.05) is 6.42 Å². The molecule has 0 aromatic rings. The van der Waals surface area contributed by atoms with Crippen molar-refractivity contribution in [1.82, 2.24) is 0 Å². The quantitative estimate of drug-likeness (QED) is 0.615. The van der Waals surface area contributed by atoms with Gasteiger partial charge < -0.3 is 14.6 Å². The third-order valence-electron chi connectivity index (χ3n) is 2.26. The SMILES string of the molecule is COC(=O)[C@@]1(O)C[C@H](C)C[C@H](C)O1. The summed E-state index contributed by atoms with van der Waals surface area (Å²) >= 11 is 0. The van der Waals surface area contributed by atoms with Gasteiger partial charge in [-0.15, -0.1) is 0 Å². The van der Waals surface area contributed by atoms with E-state index in [9.17, 15) is 9.90 Å². The summed E-state index contributed by atoms with van der Waals surface area (Å²) in [6, 6.07) is 0. The summed E-state index contributed by atoms with van der Waals surface area (Å²) in [4.78, 5) is 11.2. The smallest absolute Gasteiger partial charge is 0.366 e. The normalized spacial score (nSPS) is 40.0. The van der Waals surface area contributed by atoms with Crippen molar-refractivity contribution in [2.45, 2.75) is 38.6 Å². The average molecular weight is 188 g/mol. The number of aliphatic hydroxyl groups is 1. The summed E-state index contributed by atoms with van der Waals surface area (Å²) in [7, 11) is 1.24. The number of ether oxygens (including phenoxy) is 2. The number of hydrogen-bond donors (Lipinski definition) is 1. The maximum atomic E-state index is 11.2. The molecule has 76 valence electrons. The molecule has 1 aliphatic heterocycles. The molecule has 0 spiro atoms. The van der Waals surface area contributed by atoms with Crippen LogP contribution in [0.4, 0.5) is 0 Å².